The second-order valence-electron chi connectivity index (χ2n) is 4.98. The lowest BCUT2D eigenvalue weighted by Gasteiger charge is -2.09. The van der Waals surface area contributed by atoms with Gasteiger partial charge in [0.25, 0.3) is 0 Å². The van der Waals surface area contributed by atoms with E-state index in [-0.39, 0.29) is 5.82 Å². The fourth-order valence-electron chi connectivity index (χ4n) is 2.31. The zero-order valence-electron chi connectivity index (χ0n) is 12.1. The molecule has 114 valence electrons. The van der Waals surface area contributed by atoms with E-state index in [9.17, 15) is 4.39 Å². The number of fused-ring (bicyclic) bond motifs is 1. The molecule has 3 rings (SSSR count). The van der Waals surface area contributed by atoms with Gasteiger partial charge in [0.2, 0.25) is 0 Å². The van der Waals surface area contributed by atoms with Crippen molar-refractivity contribution in [3.8, 4) is 6.07 Å². The molecule has 4 nitrogen and oxygen atoms in total. The summed E-state index contributed by atoms with van der Waals surface area (Å²) in [6.07, 6.45) is 1.95. The monoisotopic (exact) mass is 326 g/mol. The molecule has 0 bridgehead atoms. The van der Waals surface area contributed by atoms with Gasteiger partial charge in [-0.1, -0.05) is 17.7 Å². The Labute approximate surface area is 137 Å². The smallest absolute Gasteiger partial charge is 0.137 e. The standard InChI is InChI=1S/C17H12ClFN4/c18-13-3-2-12(15(19)8-13)5-6-21-17-14-7-11(9-20)1-4-16(14)22-10-23-17/h1-4,7-8,10H,5-6H2,(H,21,22,23). The highest BCUT2D eigenvalue weighted by Crippen LogP contribution is 2.21. The summed E-state index contributed by atoms with van der Waals surface area (Å²) >= 11 is 5.74. The second kappa shape index (κ2) is 6.59. The summed E-state index contributed by atoms with van der Waals surface area (Å²) in [5.41, 5.74) is 1.87. The van der Waals surface area contributed by atoms with Gasteiger partial charge in [0.05, 0.1) is 17.1 Å². The molecule has 0 fully saturated rings. The van der Waals surface area contributed by atoms with Gasteiger partial charge in [0, 0.05) is 17.0 Å². The largest absolute Gasteiger partial charge is 0.369 e. The van der Waals surface area contributed by atoms with Crippen LogP contribution in [0.2, 0.25) is 5.02 Å². The molecule has 0 aliphatic heterocycles. The van der Waals surface area contributed by atoms with E-state index in [1.165, 1.54) is 12.4 Å². The third-order valence-electron chi connectivity index (χ3n) is 3.47. The number of nitriles is 1. The molecule has 0 saturated carbocycles. The summed E-state index contributed by atoms with van der Waals surface area (Å²) in [5, 5.41) is 13.3. The summed E-state index contributed by atoms with van der Waals surface area (Å²) in [6, 6.07) is 12.0. The van der Waals surface area contributed by atoms with Crippen LogP contribution in [-0.4, -0.2) is 16.5 Å². The first-order valence-corrected chi connectivity index (χ1v) is 7.38. The van der Waals surface area contributed by atoms with Crippen LogP contribution in [0.3, 0.4) is 0 Å². The highest BCUT2D eigenvalue weighted by atomic mass is 35.5. The molecule has 2 aromatic carbocycles. The number of aromatic nitrogens is 2. The Morgan fingerprint density at radius 2 is 2.04 bits per heavy atom. The van der Waals surface area contributed by atoms with Crippen molar-refractivity contribution in [2.75, 3.05) is 11.9 Å². The van der Waals surface area contributed by atoms with E-state index < -0.39 is 0 Å². The molecular weight excluding hydrogens is 315 g/mol. The van der Waals surface area contributed by atoms with Gasteiger partial charge in [-0.25, -0.2) is 14.4 Å². The molecule has 1 aromatic heterocycles. The summed E-state index contributed by atoms with van der Waals surface area (Å²) < 4.78 is 13.8. The Kier molecular flexibility index (Phi) is 4.35. The highest BCUT2D eigenvalue weighted by molar-refractivity contribution is 6.30. The molecule has 0 aliphatic carbocycles. The normalized spacial score (nSPS) is 10.5. The number of hydrogen-bond acceptors (Lipinski definition) is 4. The van der Waals surface area contributed by atoms with Crippen molar-refractivity contribution < 1.29 is 4.39 Å². The van der Waals surface area contributed by atoms with Crippen LogP contribution < -0.4 is 5.32 Å². The lowest BCUT2D eigenvalue weighted by molar-refractivity contribution is 0.610. The Bertz CT molecular complexity index is 905. The van der Waals surface area contributed by atoms with Crippen molar-refractivity contribution in [3.05, 3.63) is 64.7 Å². The molecule has 0 amide bonds. The van der Waals surface area contributed by atoms with E-state index in [0.29, 0.717) is 34.9 Å². The van der Waals surface area contributed by atoms with E-state index >= 15 is 0 Å². The topological polar surface area (TPSA) is 61.6 Å². The number of anilines is 1. The lowest BCUT2D eigenvalue weighted by Crippen LogP contribution is -2.08. The lowest BCUT2D eigenvalue weighted by atomic mass is 10.1. The second-order valence-corrected chi connectivity index (χ2v) is 5.41. The predicted octanol–water partition coefficient (Wildman–Crippen LogP) is 3.95. The van der Waals surface area contributed by atoms with Gasteiger partial charge >= 0.3 is 0 Å². The Morgan fingerprint density at radius 3 is 2.83 bits per heavy atom. The Hall–Kier alpha value is -2.71. The van der Waals surface area contributed by atoms with Crippen molar-refractivity contribution in [1.29, 1.82) is 5.26 Å². The maximum atomic E-state index is 13.8. The van der Waals surface area contributed by atoms with Crippen molar-refractivity contribution in [2.24, 2.45) is 0 Å². The van der Waals surface area contributed by atoms with Crippen LogP contribution in [0, 0.1) is 17.1 Å². The summed E-state index contributed by atoms with van der Waals surface area (Å²) in [6.45, 7) is 0.501. The minimum Gasteiger partial charge on any atom is -0.369 e. The van der Waals surface area contributed by atoms with E-state index in [1.807, 2.05) is 0 Å². The number of benzene rings is 2. The first-order chi connectivity index (χ1) is 11.2. The van der Waals surface area contributed by atoms with E-state index in [4.69, 9.17) is 16.9 Å². The average molecular weight is 327 g/mol. The molecule has 0 radical (unpaired) electrons. The molecule has 1 N–H and O–H groups in total. The van der Waals surface area contributed by atoms with Gasteiger partial charge in [-0.2, -0.15) is 5.26 Å². The molecule has 0 aliphatic rings. The zero-order valence-corrected chi connectivity index (χ0v) is 12.8. The first-order valence-electron chi connectivity index (χ1n) is 7.00. The van der Waals surface area contributed by atoms with Crippen LogP contribution in [0.1, 0.15) is 11.1 Å². The predicted molar refractivity (Wildman–Crippen MR) is 87.9 cm³/mol. The first kappa shape index (κ1) is 15.2. The number of hydrogen-bond donors (Lipinski definition) is 1. The van der Waals surface area contributed by atoms with Gasteiger partial charge in [-0.05, 0) is 42.3 Å². The molecule has 6 heteroatoms. The number of nitrogens with zero attached hydrogens (tertiary/aromatic N) is 3. The minimum absolute atomic E-state index is 0.321. The molecule has 3 aromatic rings. The molecule has 0 atom stereocenters. The molecule has 0 spiro atoms. The third kappa shape index (κ3) is 3.38. The molecule has 1 heterocycles. The van der Waals surface area contributed by atoms with Crippen molar-refractivity contribution in [2.45, 2.75) is 6.42 Å². The van der Waals surface area contributed by atoms with Gasteiger partial charge in [0.1, 0.15) is 18.0 Å². The maximum Gasteiger partial charge on any atom is 0.137 e. The average Bonchev–Trinajstić information content (AvgIpc) is 2.56. The zero-order chi connectivity index (χ0) is 16.2. The fraction of sp³-hybridized carbons (Fsp3) is 0.118. The Balaban J connectivity index is 1.78. The fourth-order valence-corrected chi connectivity index (χ4v) is 2.47. The highest BCUT2D eigenvalue weighted by Gasteiger charge is 2.06. The van der Waals surface area contributed by atoms with Crippen LogP contribution >= 0.6 is 11.6 Å². The van der Waals surface area contributed by atoms with Gasteiger partial charge < -0.3 is 5.32 Å². The van der Waals surface area contributed by atoms with Crippen molar-refractivity contribution in [3.63, 3.8) is 0 Å². The molecule has 0 saturated heterocycles. The number of halogens is 2. The van der Waals surface area contributed by atoms with Crippen molar-refractivity contribution >= 4 is 28.3 Å². The van der Waals surface area contributed by atoms with Crippen LogP contribution in [0.15, 0.2) is 42.7 Å². The maximum absolute atomic E-state index is 13.8. The van der Waals surface area contributed by atoms with Crippen LogP contribution in [0.25, 0.3) is 10.9 Å². The summed E-state index contributed by atoms with van der Waals surface area (Å²) in [4.78, 5) is 8.38. The quantitative estimate of drug-likeness (QED) is 0.788. The van der Waals surface area contributed by atoms with Crippen LogP contribution in [-0.2, 0) is 6.42 Å². The van der Waals surface area contributed by atoms with Crippen LogP contribution in [0.5, 0.6) is 0 Å². The van der Waals surface area contributed by atoms with E-state index in [0.717, 1.165) is 10.9 Å². The van der Waals surface area contributed by atoms with Gasteiger partial charge in [-0.15, -0.1) is 0 Å². The summed E-state index contributed by atoms with van der Waals surface area (Å²) in [5.74, 6) is 0.306. The Morgan fingerprint density at radius 1 is 1.17 bits per heavy atom. The summed E-state index contributed by atoms with van der Waals surface area (Å²) in [7, 11) is 0. The van der Waals surface area contributed by atoms with E-state index in [2.05, 4.69) is 21.4 Å². The SMILES string of the molecule is N#Cc1ccc2ncnc(NCCc3ccc(Cl)cc3F)c2c1. The van der Waals surface area contributed by atoms with Gasteiger partial charge in [0.15, 0.2) is 0 Å². The minimum atomic E-state index is -0.321. The molecule has 0 unspecified atom stereocenters. The van der Waals surface area contributed by atoms with Gasteiger partial charge in [-0.3, -0.25) is 0 Å². The van der Waals surface area contributed by atoms with E-state index in [1.54, 1.807) is 30.3 Å². The third-order valence-corrected chi connectivity index (χ3v) is 3.70. The van der Waals surface area contributed by atoms with Crippen molar-refractivity contribution in [1.82, 2.24) is 9.97 Å². The molecule has 23 heavy (non-hydrogen) atoms. The molecular formula is C17H12ClFN4. The number of rotatable bonds is 4. The van der Waals surface area contributed by atoms with Crippen LogP contribution in [0.4, 0.5) is 10.2 Å². The number of nitrogens with one attached hydrogen (secondary N) is 1.